The zero-order chi connectivity index (χ0) is 22.7. The summed E-state index contributed by atoms with van der Waals surface area (Å²) < 4.78 is 47.0. The number of nitrogens with zero attached hydrogens (tertiary/aromatic N) is 1. The Morgan fingerprint density at radius 3 is 2.16 bits per heavy atom. The van der Waals surface area contributed by atoms with E-state index < -0.39 is 26.8 Å². The summed E-state index contributed by atoms with van der Waals surface area (Å²) in [7, 11) is -5.66. The number of rotatable bonds is 7. The second-order valence-electron chi connectivity index (χ2n) is 6.94. The van der Waals surface area contributed by atoms with Crippen molar-refractivity contribution in [3.8, 4) is 0 Å². The second-order valence-corrected chi connectivity index (χ2v) is 10.2. The monoisotopic (exact) mass is 467 g/mol. The first-order valence-electron chi connectivity index (χ1n) is 9.98. The fraction of sp³-hybridized carbons (Fsp3) is 0.125. The van der Waals surface area contributed by atoms with Crippen LogP contribution in [0.4, 0.5) is 0 Å². The lowest BCUT2D eigenvalue weighted by molar-refractivity contribution is 0.0527. The Kier molecular flexibility index (Phi) is 6.25. The van der Waals surface area contributed by atoms with E-state index in [0.29, 0.717) is 15.8 Å². The van der Waals surface area contributed by atoms with Gasteiger partial charge in [0.15, 0.2) is 0 Å². The molecule has 0 fully saturated rings. The van der Waals surface area contributed by atoms with E-state index >= 15 is 0 Å². The number of para-hydroxylation sites is 1. The van der Waals surface area contributed by atoms with Crippen molar-refractivity contribution in [3.05, 3.63) is 96.2 Å². The molecule has 1 aromatic heterocycles. The fourth-order valence-corrected chi connectivity index (χ4v) is 6.39. The predicted octanol–water partition coefficient (Wildman–Crippen LogP) is 4.36. The Bertz CT molecular complexity index is 1390. The van der Waals surface area contributed by atoms with Gasteiger partial charge in [0, 0.05) is 10.3 Å². The first-order chi connectivity index (χ1) is 15.4. The number of ether oxygens (including phenoxy) is 1. The minimum absolute atomic E-state index is 0.0721. The van der Waals surface area contributed by atoms with Crippen LogP contribution >= 0.6 is 0 Å². The molecule has 0 N–H and O–H groups in total. The molecule has 0 saturated carbocycles. The Morgan fingerprint density at radius 1 is 0.906 bits per heavy atom. The highest BCUT2D eigenvalue weighted by Crippen LogP contribution is 2.32. The lowest BCUT2D eigenvalue weighted by atomic mass is 10.1. The van der Waals surface area contributed by atoms with Gasteiger partial charge in [0.1, 0.15) is 0 Å². The van der Waals surface area contributed by atoms with Gasteiger partial charge in [0.2, 0.25) is 0 Å². The standard InChI is InChI=1S/C24H21NO5S2/c1-2-30-24(26)23-20-15-9-10-16-21(20)25(32(28,29)19-13-7-4-8-14-19)22(23)17-31(27)18-11-5-3-6-12-18/h3-16H,2,17H2,1H3. The highest BCUT2D eigenvalue weighted by atomic mass is 32.2. The van der Waals surface area contributed by atoms with Crippen LogP contribution in [0.1, 0.15) is 23.0 Å². The SMILES string of the molecule is CCOC(=O)c1c(CS(=O)c2ccccc2)n(S(=O)(=O)c2ccccc2)c2ccccc12. The summed E-state index contributed by atoms with van der Waals surface area (Å²) in [6, 6.07) is 23.4. The quantitative estimate of drug-likeness (QED) is 0.377. The number of hydrogen-bond acceptors (Lipinski definition) is 5. The maximum atomic E-state index is 13.7. The molecule has 1 heterocycles. The molecule has 164 valence electrons. The third-order valence-electron chi connectivity index (χ3n) is 4.96. The smallest absolute Gasteiger partial charge is 0.340 e. The summed E-state index contributed by atoms with van der Waals surface area (Å²) in [5.41, 5.74) is 0.585. The van der Waals surface area contributed by atoms with Gasteiger partial charge in [-0.25, -0.2) is 17.2 Å². The van der Waals surface area contributed by atoms with Gasteiger partial charge < -0.3 is 4.74 Å². The molecule has 0 bridgehead atoms. The van der Waals surface area contributed by atoms with Crippen LogP contribution in [0.2, 0.25) is 0 Å². The van der Waals surface area contributed by atoms with Gasteiger partial charge in [0.25, 0.3) is 10.0 Å². The number of esters is 1. The van der Waals surface area contributed by atoms with Crippen LogP contribution in [-0.4, -0.2) is 29.2 Å². The number of carbonyl (C=O) groups is 1. The largest absolute Gasteiger partial charge is 0.462 e. The predicted molar refractivity (Wildman–Crippen MR) is 123 cm³/mol. The zero-order valence-electron chi connectivity index (χ0n) is 17.3. The minimum Gasteiger partial charge on any atom is -0.462 e. The molecule has 0 saturated heterocycles. The summed E-state index contributed by atoms with van der Waals surface area (Å²) in [5, 5.41) is 0.436. The summed E-state index contributed by atoms with van der Waals surface area (Å²) in [6.45, 7) is 1.81. The highest BCUT2D eigenvalue weighted by Gasteiger charge is 2.31. The van der Waals surface area contributed by atoms with Gasteiger partial charge >= 0.3 is 5.97 Å². The van der Waals surface area contributed by atoms with Crippen molar-refractivity contribution in [1.29, 1.82) is 0 Å². The average molecular weight is 468 g/mol. The first kappa shape index (κ1) is 22.0. The lowest BCUT2D eigenvalue weighted by Crippen LogP contribution is -2.19. The maximum Gasteiger partial charge on any atom is 0.340 e. The summed E-state index contributed by atoms with van der Waals surface area (Å²) >= 11 is 0. The molecule has 3 aromatic carbocycles. The van der Waals surface area contributed by atoms with Crippen LogP contribution in [0, 0.1) is 0 Å². The van der Waals surface area contributed by atoms with Crippen molar-refractivity contribution in [1.82, 2.24) is 3.97 Å². The van der Waals surface area contributed by atoms with Gasteiger partial charge in [-0.05, 0) is 37.3 Å². The van der Waals surface area contributed by atoms with E-state index in [0.717, 1.165) is 3.97 Å². The van der Waals surface area contributed by atoms with Crippen LogP contribution < -0.4 is 0 Å². The maximum absolute atomic E-state index is 13.7. The number of aromatic nitrogens is 1. The van der Waals surface area contributed by atoms with Crippen molar-refractivity contribution in [2.24, 2.45) is 0 Å². The lowest BCUT2D eigenvalue weighted by Gasteiger charge is -2.13. The minimum atomic E-state index is -4.08. The summed E-state index contributed by atoms with van der Waals surface area (Å²) in [5.74, 6) is -0.815. The molecule has 6 nitrogen and oxygen atoms in total. The fourth-order valence-electron chi connectivity index (χ4n) is 3.58. The van der Waals surface area contributed by atoms with Gasteiger partial charge in [-0.2, -0.15) is 0 Å². The molecule has 0 aliphatic rings. The third kappa shape index (κ3) is 3.99. The first-order valence-corrected chi connectivity index (χ1v) is 12.7. The van der Waals surface area contributed by atoms with Crippen LogP contribution in [-0.2, 0) is 31.3 Å². The molecule has 0 aliphatic heterocycles. The van der Waals surface area contributed by atoms with Crippen LogP contribution in [0.3, 0.4) is 0 Å². The van der Waals surface area contributed by atoms with Crippen molar-refractivity contribution < 1.29 is 22.2 Å². The Labute approximate surface area is 189 Å². The molecule has 32 heavy (non-hydrogen) atoms. The van der Waals surface area contributed by atoms with Crippen molar-refractivity contribution in [2.75, 3.05) is 6.61 Å². The molecular formula is C24H21NO5S2. The van der Waals surface area contributed by atoms with E-state index in [4.69, 9.17) is 4.74 Å². The van der Waals surface area contributed by atoms with Gasteiger partial charge in [-0.3, -0.25) is 4.21 Å². The molecule has 0 aliphatic carbocycles. The van der Waals surface area contributed by atoms with Crippen LogP contribution in [0.25, 0.3) is 10.9 Å². The van der Waals surface area contributed by atoms with Crippen LogP contribution in [0.5, 0.6) is 0 Å². The molecule has 4 rings (SSSR count). The molecule has 8 heteroatoms. The Morgan fingerprint density at radius 2 is 1.50 bits per heavy atom. The average Bonchev–Trinajstić information content (AvgIpc) is 3.14. The van der Waals surface area contributed by atoms with E-state index in [1.807, 2.05) is 6.07 Å². The van der Waals surface area contributed by atoms with Gasteiger partial charge in [-0.1, -0.05) is 54.6 Å². The number of benzene rings is 3. The van der Waals surface area contributed by atoms with Crippen molar-refractivity contribution in [2.45, 2.75) is 22.5 Å². The number of fused-ring (bicyclic) bond motifs is 1. The molecule has 1 atom stereocenters. The molecule has 0 spiro atoms. The van der Waals surface area contributed by atoms with Crippen molar-refractivity contribution >= 4 is 37.7 Å². The molecule has 1 unspecified atom stereocenters. The normalized spacial score (nSPS) is 12.5. The van der Waals surface area contributed by atoms with E-state index in [-0.39, 0.29) is 28.5 Å². The van der Waals surface area contributed by atoms with E-state index in [2.05, 4.69) is 0 Å². The van der Waals surface area contributed by atoms with Gasteiger partial charge in [-0.15, -0.1) is 0 Å². The summed E-state index contributed by atoms with van der Waals surface area (Å²) in [6.07, 6.45) is 0. The number of carbonyl (C=O) groups excluding carboxylic acids is 1. The van der Waals surface area contributed by atoms with E-state index in [1.54, 1.807) is 73.7 Å². The van der Waals surface area contributed by atoms with Gasteiger partial charge in [0.05, 0.1) is 44.8 Å². The van der Waals surface area contributed by atoms with Crippen molar-refractivity contribution in [3.63, 3.8) is 0 Å². The molecule has 4 aromatic rings. The second kappa shape index (κ2) is 9.10. The summed E-state index contributed by atoms with van der Waals surface area (Å²) in [4.78, 5) is 13.6. The third-order valence-corrected chi connectivity index (χ3v) is 8.06. The Balaban J connectivity index is 2.01. The zero-order valence-corrected chi connectivity index (χ0v) is 18.9. The highest BCUT2D eigenvalue weighted by molar-refractivity contribution is 7.90. The molecule has 0 amide bonds. The topological polar surface area (TPSA) is 82.4 Å². The van der Waals surface area contributed by atoms with E-state index in [1.165, 1.54) is 12.1 Å². The van der Waals surface area contributed by atoms with Crippen LogP contribution in [0.15, 0.2) is 94.7 Å². The Hall–Kier alpha value is -3.23. The van der Waals surface area contributed by atoms with E-state index in [9.17, 15) is 17.4 Å². The number of hydrogen-bond donors (Lipinski definition) is 0. The molecule has 0 radical (unpaired) electrons. The molecular weight excluding hydrogens is 446 g/mol.